The lowest BCUT2D eigenvalue weighted by Crippen LogP contribution is -2.50. The third-order valence-corrected chi connectivity index (χ3v) is 9.35. The van der Waals surface area contributed by atoms with Crippen LogP contribution in [-0.4, -0.2) is 115 Å². The summed E-state index contributed by atoms with van der Waals surface area (Å²) in [5.41, 5.74) is 6.50. The number of rotatable bonds is 24. The van der Waals surface area contributed by atoms with Crippen molar-refractivity contribution in [2.24, 2.45) is 11.7 Å². The average Bonchev–Trinajstić information content (AvgIpc) is 3.61. The molecule has 0 radical (unpaired) electrons. The van der Waals surface area contributed by atoms with Crippen LogP contribution in [0.2, 0.25) is 0 Å². The molecule has 2 rings (SSSR count). The van der Waals surface area contributed by atoms with Crippen LogP contribution in [0.15, 0.2) is 29.6 Å². The molecule has 53 heavy (non-hydrogen) atoms. The van der Waals surface area contributed by atoms with Crippen LogP contribution in [0.3, 0.4) is 0 Å². The number of aromatic nitrogens is 1. The molecule has 0 fully saturated rings. The van der Waals surface area contributed by atoms with Crippen LogP contribution in [-0.2, 0) is 39.8 Å². The number of hydrogen-bond donors (Lipinski definition) is 4. The smallest absolute Gasteiger partial charge is 0.306 e. The highest BCUT2D eigenvalue weighted by Gasteiger charge is 2.33. The average molecular weight is 763 g/mol. The maximum atomic E-state index is 13.5. The molecule has 1 aromatic heterocycles. The number of phenols is 1. The summed E-state index contributed by atoms with van der Waals surface area (Å²) in [4.78, 5) is 72.2. The van der Waals surface area contributed by atoms with Gasteiger partial charge in [0, 0.05) is 50.9 Å². The summed E-state index contributed by atoms with van der Waals surface area (Å²) in [5.74, 6) is -2.14. The number of nitrogens with zero attached hydrogens (tertiary/aromatic N) is 3. The SMILES string of the molecule is CCCCN(C)CC(=O)NCC(=O)N(COC)C(CC(OC(C)=O)c1nc(C(=O)NC(CCC(=O)OC(C)CN)Cc2ccc(O)cc2)cs1)C(C)C. The van der Waals surface area contributed by atoms with Gasteiger partial charge in [-0.2, -0.15) is 0 Å². The van der Waals surface area contributed by atoms with E-state index >= 15 is 0 Å². The summed E-state index contributed by atoms with van der Waals surface area (Å²) >= 11 is 1.14. The summed E-state index contributed by atoms with van der Waals surface area (Å²) in [6, 6.07) is 5.58. The molecule has 2 aromatic rings. The molecule has 5 N–H and O–H groups in total. The number of nitrogens with one attached hydrogen (secondary N) is 2. The zero-order chi connectivity index (χ0) is 39.5. The number of nitrogens with two attached hydrogens (primary N) is 1. The number of hydrogen-bond acceptors (Lipinski definition) is 13. The molecule has 0 aliphatic rings. The maximum absolute atomic E-state index is 13.5. The quantitative estimate of drug-likeness (QED) is 0.0901. The van der Waals surface area contributed by atoms with Crippen molar-refractivity contribution in [2.45, 2.75) is 97.4 Å². The van der Waals surface area contributed by atoms with E-state index in [1.165, 1.54) is 18.9 Å². The van der Waals surface area contributed by atoms with Crippen LogP contribution in [0.25, 0.3) is 0 Å². The summed E-state index contributed by atoms with van der Waals surface area (Å²) in [6.45, 7) is 9.72. The molecule has 15 nitrogen and oxygen atoms in total. The first kappa shape index (κ1) is 45.0. The van der Waals surface area contributed by atoms with Gasteiger partial charge in [-0.15, -0.1) is 11.3 Å². The van der Waals surface area contributed by atoms with Crippen LogP contribution >= 0.6 is 11.3 Å². The van der Waals surface area contributed by atoms with Crippen molar-refractivity contribution in [1.82, 2.24) is 25.4 Å². The van der Waals surface area contributed by atoms with Gasteiger partial charge in [0.1, 0.15) is 29.3 Å². The Morgan fingerprint density at radius 1 is 1.08 bits per heavy atom. The van der Waals surface area contributed by atoms with E-state index in [1.807, 2.05) is 25.8 Å². The van der Waals surface area contributed by atoms with Gasteiger partial charge < -0.3 is 40.6 Å². The van der Waals surface area contributed by atoms with Gasteiger partial charge in [-0.1, -0.05) is 39.3 Å². The van der Waals surface area contributed by atoms with Gasteiger partial charge in [-0.05, 0) is 63.4 Å². The van der Waals surface area contributed by atoms with Gasteiger partial charge in [0.2, 0.25) is 11.8 Å². The number of carbonyl (C=O) groups excluding carboxylic acids is 5. The predicted octanol–water partition coefficient (Wildman–Crippen LogP) is 3.16. The summed E-state index contributed by atoms with van der Waals surface area (Å²) < 4.78 is 16.4. The molecular formula is C37H58N6O9S. The topological polar surface area (TPSA) is 203 Å². The van der Waals surface area contributed by atoms with Crippen LogP contribution in [0, 0.1) is 5.92 Å². The largest absolute Gasteiger partial charge is 0.508 e. The number of aromatic hydroxyl groups is 1. The Kier molecular flexibility index (Phi) is 20.0. The van der Waals surface area contributed by atoms with Crippen molar-refractivity contribution >= 4 is 41.0 Å². The number of amides is 3. The fourth-order valence-corrected chi connectivity index (χ4v) is 6.36. The Bertz CT molecular complexity index is 1450. The van der Waals surface area contributed by atoms with Gasteiger partial charge in [0.15, 0.2) is 6.10 Å². The van der Waals surface area contributed by atoms with Crippen LogP contribution in [0.1, 0.15) is 93.9 Å². The Labute approximate surface area is 316 Å². The van der Waals surface area contributed by atoms with Crippen molar-refractivity contribution in [3.8, 4) is 5.75 Å². The zero-order valence-corrected chi connectivity index (χ0v) is 32.9. The first-order chi connectivity index (χ1) is 25.2. The lowest BCUT2D eigenvalue weighted by atomic mass is 9.96. The molecule has 0 bridgehead atoms. The minimum Gasteiger partial charge on any atom is -0.508 e. The molecule has 4 atom stereocenters. The Hall–Kier alpha value is -4.12. The van der Waals surface area contributed by atoms with Crippen molar-refractivity contribution in [1.29, 1.82) is 0 Å². The number of likely N-dealkylation sites (N-methyl/N-ethyl adjacent to an activating group) is 1. The van der Waals surface area contributed by atoms with Crippen LogP contribution in [0.4, 0.5) is 0 Å². The van der Waals surface area contributed by atoms with E-state index in [0.29, 0.717) is 11.4 Å². The first-order valence-corrected chi connectivity index (χ1v) is 18.9. The Morgan fingerprint density at radius 3 is 2.38 bits per heavy atom. The number of esters is 2. The molecule has 4 unspecified atom stereocenters. The molecule has 0 spiro atoms. The Morgan fingerprint density at radius 2 is 1.77 bits per heavy atom. The highest BCUT2D eigenvalue weighted by atomic mass is 32.1. The number of phenolic OH excluding ortho intramolecular Hbond substituents is 1. The summed E-state index contributed by atoms with van der Waals surface area (Å²) in [5, 5.41) is 17.3. The van der Waals surface area contributed by atoms with E-state index in [2.05, 4.69) is 22.5 Å². The molecule has 0 saturated heterocycles. The highest BCUT2D eigenvalue weighted by molar-refractivity contribution is 7.09. The van der Waals surface area contributed by atoms with Crippen LogP contribution < -0.4 is 16.4 Å². The number of benzene rings is 1. The van der Waals surface area contributed by atoms with Gasteiger partial charge in [-0.3, -0.25) is 28.9 Å². The van der Waals surface area contributed by atoms with Crippen LogP contribution in [0.5, 0.6) is 5.75 Å². The van der Waals surface area contributed by atoms with Crippen molar-refractivity contribution in [2.75, 3.05) is 47.1 Å². The second-order valence-electron chi connectivity index (χ2n) is 13.5. The molecule has 0 aliphatic heterocycles. The molecule has 296 valence electrons. The van der Waals surface area contributed by atoms with E-state index in [0.717, 1.165) is 36.3 Å². The monoisotopic (exact) mass is 762 g/mol. The van der Waals surface area contributed by atoms with E-state index < -0.39 is 42.1 Å². The van der Waals surface area contributed by atoms with Gasteiger partial charge in [0.05, 0.1) is 13.1 Å². The predicted molar refractivity (Wildman–Crippen MR) is 201 cm³/mol. The fourth-order valence-electron chi connectivity index (χ4n) is 5.52. The first-order valence-electron chi connectivity index (χ1n) is 18.0. The lowest BCUT2D eigenvalue weighted by Gasteiger charge is -2.35. The van der Waals surface area contributed by atoms with E-state index in [9.17, 15) is 29.1 Å². The third kappa shape index (κ3) is 16.6. The van der Waals surface area contributed by atoms with Gasteiger partial charge >= 0.3 is 11.9 Å². The lowest BCUT2D eigenvalue weighted by molar-refractivity contribution is -0.150. The zero-order valence-electron chi connectivity index (χ0n) is 32.1. The molecule has 3 amide bonds. The molecule has 1 heterocycles. The molecule has 0 saturated carbocycles. The van der Waals surface area contributed by atoms with E-state index in [1.54, 1.807) is 36.6 Å². The maximum Gasteiger partial charge on any atom is 0.306 e. The summed E-state index contributed by atoms with van der Waals surface area (Å²) in [6.07, 6.45) is 1.47. The standard InChI is InChI=1S/C37H58N6O9S/c1-8-9-16-42(6)21-33(46)39-20-34(47)43(23-50-7)31(24(2)3)18-32(52-26(5)44)37-41-30(22-53-37)36(49)40-28(12-15-35(48)51-25(4)19-38)17-27-10-13-29(45)14-11-27/h10-11,13-14,22,24-25,28,31-32,45H,8-9,12,15-21,23,38H2,1-7H3,(H,39,46)(H,40,49). The second kappa shape index (κ2) is 23.5. The van der Waals surface area contributed by atoms with Crippen molar-refractivity contribution < 1.29 is 43.3 Å². The normalized spacial score (nSPS) is 13.5. The van der Waals surface area contributed by atoms with Gasteiger partial charge in [0.25, 0.3) is 5.91 Å². The molecule has 0 aliphatic carbocycles. The number of methoxy groups -OCH3 is 1. The molecular weight excluding hydrogens is 705 g/mol. The number of thiazole rings is 1. The number of carbonyl (C=O) groups is 5. The van der Waals surface area contributed by atoms with Crippen molar-refractivity contribution in [3.63, 3.8) is 0 Å². The van der Waals surface area contributed by atoms with E-state index in [-0.39, 0.29) is 74.8 Å². The fraction of sp³-hybridized carbons (Fsp3) is 0.622. The molecule has 16 heteroatoms. The van der Waals surface area contributed by atoms with E-state index in [4.69, 9.17) is 19.9 Å². The summed E-state index contributed by atoms with van der Waals surface area (Å²) in [7, 11) is 3.32. The minimum absolute atomic E-state index is 0.0389. The van der Waals surface area contributed by atoms with Crippen molar-refractivity contribution in [3.05, 3.63) is 45.9 Å². The van der Waals surface area contributed by atoms with Gasteiger partial charge in [-0.25, -0.2) is 4.98 Å². The minimum atomic E-state index is -0.896. The number of unbranched alkanes of at least 4 members (excludes halogenated alkanes) is 1. The Balaban J connectivity index is 2.24. The second-order valence-corrected chi connectivity index (χ2v) is 14.4. The molecule has 1 aromatic carbocycles. The number of ether oxygens (including phenoxy) is 3. The highest BCUT2D eigenvalue weighted by Crippen LogP contribution is 2.31. The third-order valence-electron chi connectivity index (χ3n) is 8.41.